The highest BCUT2D eigenvalue weighted by Crippen LogP contribution is 2.43. The summed E-state index contributed by atoms with van der Waals surface area (Å²) >= 11 is 0. The number of hydrogen-bond donors (Lipinski definition) is 2. The first-order chi connectivity index (χ1) is 10.7. The molecule has 2 N–H and O–H groups in total. The van der Waals surface area contributed by atoms with Gasteiger partial charge in [-0.2, -0.15) is 0 Å². The molecule has 2 heterocycles. The zero-order valence-corrected chi connectivity index (χ0v) is 12.7. The molecule has 3 aliphatic rings. The number of nitrogens with one attached hydrogen (secondary N) is 1. The van der Waals surface area contributed by atoms with Crippen LogP contribution < -0.4 is 5.32 Å². The van der Waals surface area contributed by atoms with Crippen molar-refractivity contribution in [1.82, 2.24) is 5.32 Å². The van der Waals surface area contributed by atoms with Gasteiger partial charge < -0.3 is 10.4 Å². The van der Waals surface area contributed by atoms with E-state index in [9.17, 15) is 5.11 Å². The SMILES string of the molecule is OC1(c2ccc3c(c2)Cc2ccccc2-3)CC2CCC(C1)N2. The smallest absolute Gasteiger partial charge is 0.0926 e. The predicted molar refractivity (Wildman–Crippen MR) is 87.8 cm³/mol. The predicted octanol–water partition coefficient (Wildman–Crippen LogP) is 3.36. The second-order valence-electron chi connectivity index (χ2n) is 7.28. The van der Waals surface area contributed by atoms with Crippen molar-refractivity contribution in [2.75, 3.05) is 0 Å². The standard InChI is InChI=1S/C20H21NO/c22-20(11-16-6-7-17(12-20)21-16)15-5-8-19-14(10-15)9-13-3-1-2-4-18(13)19/h1-5,8,10,16-17,21-22H,6-7,9,11-12H2. The minimum absolute atomic E-state index is 0.495. The number of rotatable bonds is 1. The van der Waals surface area contributed by atoms with Gasteiger partial charge in [0.15, 0.2) is 0 Å². The molecule has 2 aromatic carbocycles. The van der Waals surface area contributed by atoms with Crippen molar-refractivity contribution in [2.24, 2.45) is 0 Å². The second kappa shape index (κ2) is 4.43. The van der Waals surface area contributed by atoms with E-state index in [1.54, 1.807) is 0 Å². The van der Waals surface area contributed by atoms with Gasteiger partial charge in [-0.15, -0.1) is 0 Å². The lowest BCUT2D eigenvalue weighted by Gasteiger charge is -2.37. The molecule has 2 heteroatoms. The molecule has 2 fully saturated rings. The van der Waals surface area contributed by atoms with E-state index >= 15 is 0 Å². The van der Waals surface area contributed by atoms with Crippen molar-refractivity contribution in [3.63, 3.8) is 0 Å². The molecular weight excluding hydrogens is 270 g/mol. The van der Waals surface area contributed by atoms with Crippen LogP contribution in [0.2, 0.25) is 0 Å². The Labute approximate surface area is 131 Å². The highest BCUT2D eigenvalue weighted by Gasteiger charge is 2.43. The van der Waals surface area contributed by atoms with Crippen LogP contribution in [-0.2, 0) is 12.0 Å². The number of hydrogen-bond acceptors (Lipinski definition) is 2. The first kappa shape index (κ1) is 12.9. The van der Waals surface area contributed by atoms with Crippen LogP contribution in [0.25, 0.3) is 11.1 Å². The summed E-state index contributed by atoms with van der Waals surface area (Å²) in [4.78, 5) is 0. The van der Waals surface area contributed by atoms with Gasteiger partial charge in [0.05, 0.1) is 5.60 Å². The molecule has 5 rings (SSSR count). The average molecular weight is 291 g/mol. The van der Waals surface area contributed by atoms with E-state index in [4.69, 9.17) is 0 Å². The van der Waals surface area contributed by atoms with Crippen LogP contribution >= 0.6 is 0 Å². The van der Waals surface area contributed by atoms with E-state index < -0.39 is 5.60 Å². The van der Waals surface area contributed by atoms with Crippen LogP contribution in [0, 0.1) is 0 Å². The Morgan fingerprint density at radius 3 is 2.45 bits per heavy atom. The molecule has 2 bridgehead atoms. The van der Waals surface area contributed by atoms with Crippen molar-refractivity contribution in [2.45, 2.75) is 49.8 Å². The van der Waals surface area contributed by atoms with Crippen molar-refractivity contribution >= 4 is 0 Å². The molecule has 0 saturated carbocycles. The van der Waals surface area contributed by atoms with Crippen LogP contribution in [0.15, 0.2) is 42.5 Å². The lowest BCUT2D eigenvalue weighted by molar-refractivity contribution is -0.0115. The maximum Gasteiger partial charge on any atom is 0.0926 e. The number of aliphatic hydroxyl groups is 1. The molecule has 22 heavy (non-hydrogen) atoms. The van der Waals surface area contributed by atoms with Gasteiger partial charge in [-0.1, -0.05) is 42.5 Å². The van der Waals surface area contributed by atoms with Gasteiger partial charge in [0.2, 0.25) is 0 Å². The number of piperidine rings is 1. The highest BCUT2D eigenvalue weighted by molar-refractivity contribution is 5.77. The van der Waals surface area contributed by atoms with Gasteiger partial charge >= 0.3 is 0 Å². The van der Waals surface area contributed by atoms with Crippen LogP contribution in [0.5, 0.6) is 0 Å². The fourth-order valence-electron chi connectivity index (χ4n) is 4.79. The van der Waals surface area contributed by atoms with E-state index in [0.717, 1.165) is 24.8 Å². The summed E-state index contributed by atoms with van der Waals surface area (Å²) in [6, 6.07) is 16.3. The summed E-state index contributed by atoms with van der Waals surface area (Å²) in [5.74, 6) is 0. The molecule has 112 valence electrons. The fraction of sp³-hybridized carbons (Fsp3) is 0.400. The quantitative estimate of drug-likeness (QED) is 0.720. The monoisotopic (exact) mass is 291 g/mol. The van der Waals surface area contributed by atoms with E-state index in [1.807, 2.05) is 0 Å². The summed E-state index contributed by atoms with van der Waals surface area (Å²) in [5, 5.41) is 14.9. The summed E-state index contributed by atoms with van der Waals surface area (Å²) in [6.07, 6.45) is 5.14. The van der Waals surface area contributed by atoms with Crippen molar-refractivity contribution in [3.05, 3.63) is 59.2 Å². The van der Waals surface area contributed by atoms with Gasteiger partial charge in [-0.3, -0.25) is 0 Å². The van der Waals surface area contributed by atoms with Crippen molar-refractivity contribution < 1.29 is 5.11 Å². The summed E-state index contributed by atoms with van der Waals surface area (Å²) < 4.78 is 0. The largest absolute Gasteiger partial charge is 0.385 e. The Morgan fingerprint density at radius 2 is 1.64 bits per heavy atom. The Kier molecular flexibility index (Phi) is 2.59. The van der Waals surface area contributed by atoms with E-state index in [1.165, 1.54) is 35.1 Å². The summed E-state index contributed by atoms with van der Waals surface area (Å²) in [5.41, 5.74) is 5.98. The van der Waals surface area contributed by atoms with Crippen LogP contribution in [0.3, 0.4) is 0 Å². The van der Waals surface area contributed by atoms with Crippen LogP contribution in [-0.4, -0.2) is 17.2 Å². The lowest BCUT2D eigenvalue weighted by atomic mass is 9.80. The molecule has 1 aliphatic carbocycles. The molecule has 2 saturated heterocycles. The average Bonchev–Trinajstić information content (AvgIpc) is 3.06. The second-order valence-corrected chi connectivity index (χ2v) is 7.28. The fourth-order valence-corrected chi connectivity index (χ4v) is 4.79. The summed E-state index contributed by atoms with van der Waals surface area (Å²) in [6.45, 7) is 0. The Morgan fingerprint density at radius 1 is 0.909 bits per heavy atom. The van der Waals surface area contributed by atoms with Gasteiger partial charge in [-0.25, -0.2) is 0 Å². The Bertz CT molecular complexity index is 739. The molecular formula is C20H21NO. The summed E-state index contributed by atoms with van der Waals surface area (Å²) in [7, 11) is 0. The molecule has 0 spiro atoms. The molecule has 0 amide bonds. The third kappa shape index (κ3) is 1.81. The first-order valence-corrected chi connectivity index (χ1v) is 8.41. The zero-order chi connectivity index (χ0) is 14.7. The Balaban J connectivity index is 1.54. The first-order valence-electron chi connectivity index (χ1n) is 8.41. The van der Waals surface area contributed by atoms with Crippen molar-refractivity contribution in [1.29, 1.82) is 0 Å². The third-order valence-electron chi connectivity index (χ3n) is 5.83. The van der Waals surface area contributed by atoms with E-state index in [2.05, 4.69) is 47.8 Å². The molecule has 2 unspecified atom stereocenters. The van der Waals surface area contributed by atoms with Crippen molar-refractivity contribution in [3.8, 4) is 11.1 Å². The van der Waals surface area contributed by atoms with Gasteiger partial charge in [0.25, 0.3) is 0 Å². The molecule has 0 aromatic heterocycles. The van der Waals surface area contributed by atoms with Crippen LogP contribution in [0.4, 0.5) is 0 Å². The van der Waals surface area contributed by atoms with Gasteiger partial charge in [0.1, 0.15) is 0 Å². The molecule has 2 atom stereocenters. The maximum atomic E-state index is 11.2. The zero-order valence-electron chi connectivity index (χ0n) is 12.7. The molecule has 2 aromatic rings. The number of fused-ring (bicyclic) bond motifs is 5. The minimum Gasteiger partial charge on any atom is -0.385 e. The third-order valence-corrected chi connectivity index (χ3v) is 5.83. The molecule has 2 nitrogen and oxygen atoms in total. The lowest BCUT2D eigenvalue weighted by Crippen LogP contribution is -2.46. The molecule has 2 aliphatic heterocycles. The molecule has 0 radical (unpaired) electrons. The Hall–Kier alpha value is -1.64. The van der Waals surface area contributed by atoms with Gasteiger partial charge in [-0.05, 0) is 59.9 Å². The minimum atomic E-state index is -0.638. The normalized spacial score (nSPS) is 31.9. The topological polar surface area (TPSA) is 32.3 Å². The van der Waals surface area contributed by atoms with Crippen LogP contribution in [0.1, 0.15) is 42.4 Å². The highest BCUT2D eigenvalue weighted by atomic mass is 16.3. The maximum absolute atomic E-state index is 11.2. The van der Waals surface area contributed by atoms with Gasteiger partial charge in [0, 0.05) is 12.1 Å². The number of benzene rings is 2. The van der Waals surface area contributed by atoms with E-state index in [0.29, 0.717) is 12.1 Å². The van der Waals surface area contributed by atoms with E-state index in [-0.39, 0.29) is 0 Å².